The predicted octanol–water partition coefficient (Wildman–Crippen LogP) is -0.612. The van der Waals surface area contributed by atoms with Gasteiger partial charge in [-0.3, -0.25) is 0 Å². The van der Waals surface area contributed by atoms with Crippen LogP contribution in [0.25, 0.3) is 0 Å². The molecule has 0 atom stereocenters. The molecule has 0 aromatic rings. The van der Waals surface area contributed by atoms with E-state index in [2.05, 4.69) is 11.1 Å². The van der Waals surface area contributed by atoms with Gasteiger partial charge >= 0.3 is 8.60 Å². The molecule has 0 saturated heterocycles. The maximum Gasteiger partial charge on any atom is 0.327 e. The minimum Gasteiger partial charge on any atom is -0.396 e. The van der Waals surface area contributed by atoms with E-state index in [4.69, 9.17) is 24.7 Å². The van der Waals surface area contributed by atoms with Gasteiger partial charge < -0.3 is 29.3 Å². The molecule has 0 aliphatic rings. The molecular weight excluding hydrogens is 223 g/mol. The van der Waals surface area contributed by atoms with Crippen molar-refractivity contribution < 1.29 is 29.3 Å². The van der Waals surface area contributed by atoms with Gasteiger partial charge in [0.15, 0.2) is 0 Å². The molecule has 0 fully saturated rings. The van der Waals surface area contributed by atoms with Crippen molar-refractivity contribution in [3.05, 3.63) is 12.7 Å². The van der Waals surface area contributed by atoms with Crippen molar-refractivity contribution in [1.82, 2.24) is 0 Å². The van der Waals surface area contributed by atoms with Crippen molar-refractivity contribution in [2.24, 2.45) is 5.41 Å². The highest BCUT2D eigenvalue weighted by Crippen LogP contribution is 2.29. The SMILES string of the molecule is C=CCOCC(CO)(CO)COP(O)O. The van der Waals surface area contributed by atoms with Gasteiger partial charge in [-0.15, -0.1) is 6.58 Å². The van der Waals surface area contributed by atoms with Crippen molar-refractivity contribution in [2.45, 2.75) is 0 Å². The first-order chi connectivity index (χ1) is 7.10. The predicted molar refractivity (Wildman–Crippen MR) is 54.9 cm³/mol. The first-order valence-corrected chi connectivity index (χ1v) is 5.48. The van der Waals surface area contributed by atoms with Crippen LogP contribution in [-0.2, 0) is 9.26 Å². The molecule has 0 spiro atoms. The molecule has 0 heterocycles. The Labute approximate surface area is 89.8 Å². The third kappa shape index (κ3) is 6.17. The Morgan fingerprint density at radius 1 is 1.20 bits per heavy atom. The van der Waals surface area contributed by atoms with Gasteiger partial charge in [0.2, 0.25) is 0 Å². The molecule has 90 valence electrons. The van der Waals surface area contributed by atoms with Crippen molar-refractivity contribution in [3.8, 4) is 0 Å². The fourth-order valence-corrected chi connectivity index (χ4v) is 1.22. The molecule has 0 radical (unpaired) electrons. The summed E-state index contributed by atoms with van der Waals surface area (Å²) >= 11 is 0. The maximum atomic E-state index is 9.09. The Bertz CT molecular complexity index is 171. The highest BCUT2D eigenvalue weighted by molar-refractivity contribution is 7.39. The fourth-order valence-electron chi connectivity index (χ4n) is 0.828. The summed E-state index contributed by atoms with van der Waals surface area (Å²) in [5, 5.41) is 18.2. The quantitative estimate of drug-likeness (QED) is 0.244. The van der Waals surface area contributed by atoms with Gasteiger partial charge in [0, 0.05) is 0 Å². The molecule has 0 amide bonds. The molecule has 0 rings (SSSR count). The monoisotopic (exact) mass is 240 g/mol. The summed E-state index contributed by atoms with van der Waals surface area (Å²) in [5.41, 5.74) is -1.02. The van der Waals surface area contributed by atoms with Gasteiger partial charge in [-0.05, 0) is 0 Å². The molecule has 0 aromatic heterocycles. The van der Waals surface area contributed by atoms with Crippen LogP contribution in [0.3, 0.4) is 0 Å². The number of hydrogen-bond acceptors (Lipinski definition) is 6. The van der Waals surface area contributed by atoms with Crippen LogP contribution in [0.5, 0.6) is 0 Å². The van der Waals surface area contributed by atoms with Gasteiger partial charge in [-0.2, -0.15) is 0 Å². The number of aliphatic hydroxyl groups excluding tert-OH is 2. The minimum absolute atomic E-state index is 0.0508. The van der Waals surface area contributed by atoms with Crippen LogP contribution in [0, 0.1) is 5.41 Å². The largest absolute Gasteiger partial charge is 0.396 e. The number of hydrogen-bond donors (Lipinski definition) is 4. The van der Waals surface area contributed by atoms with E-state index >= 15 is 0 Å². The summed E-state index contributed by atoms with van der Waals surface area (Å²) in [4.78, 5) is 17.1. The molecular formula is C8H17O6P. The summed E-state index contributed by atoms with van der Waals surface area (Å²) in [7, 11) is -2.49. The summed E-state index contributed by atoms with van der Waals surface area (Å²) in [5.74, 6) is 0. The molecule has 0 aliphatic heterocycles. The normalized spacial score (nSPS) is 12.1. The number of rotatable bonds is 9. The van der Waals surface area contributed by atoms with Crippen LogP contribution < -0.4 is 0 Å². The van der Waals surface area contributed by atoms with E-state index < -0.39 is 14.0 Å². The molecule has 0 unspecified atom stereocenters. The van der Waals surface area contributed by atoms with Gasteiger partial charge in [0.05, 0.1) is 38.4 Å². The Hall–Kier alpha value is -0.0700. The highest BCUT2D eigenvalue weighted by Gasteiger charge is 2.30. The maximum absolute atomic E-state index is 9.09. The first-order valence-electron chi connectivity index (χ1n) is 4.31. The Morgan fingerprint density at radius 2 is 1.80 bits per heavy atom. The summed E-state index contributed by atoms with van der Waals surface area (Å²) < 4.78 is 9.66. The molecule has 0 saturated carbocycles. The van der Waals surface area contributed by atoms with Crippen LogP contribution in [0.2, 0.25) is 0 Å². The average molecular weight is 240 g/mol. The summed E-state index contributed by atoms with van der Waals surface area (Å²) in [6.07, 6.45) is 1.53. The van der Waals surface area contributed by atoms with Crippen LogP contribution in [0.1, 0.15) is 0 Å². The second-order valence-electron chi connectivity index (χ2n) is 3.15. The highest BCUT2D eigenvalue weighted by atomic mass is 31.2. The molecule has 6 nitrogen and oxygen atoms in total. The topological polar surface area (TPSA) is 99.4 Å². The van der Waals surface area contributed by atoms with Crippen LogP contribution in [-0.4, -0.2) is 53.0 Å². The van der Waals surface area contributed by atoms with E-state index in [1.165, 1.54) is 6.08 Å². The first kappa shape index (κ1) is 14.9. The molecule has 0 aliphatic carbocycles. The van der Waals surface area contributed by atoms with Gasteiger partial charge in [0.25, 0.3) is 0 Å². The van der Waals surface area contributed by atoms with E-state index in [1.54, 1.807) is 0 Å². The van der Waals surface area contributed by atoms with Gasteiger partial charge in [-0.25, -0.2) is 0 Å². The van der Waals surface area contributed by atoms with Crippen molar-refractivity contribution >= 4 is 8.60 Å². The lowest BCUT2D eigenvalue weighted by Gasteiger charge is -2.28. The lowest BCUT2D eigenvalue weighted by Crippen LogP contribution is -2.39. The van der Waals surface area contributed by atoms with Crippen molar-refractivity contribution in [1.29, 1.82) is 0 Å². The number of ether oxygens (including phenoxy) is 1. The van der Waals surface area contributed by atoms with Crippen molar-refractivity contribution in [3.63, 3.8) is 0 Å². The fraction of sp³-hybridized carbons (Fsp3) is 0.750. The molecule has 7 heteroatoms. The standard InChI is InChI=1S/C8H17O6P/c1-2-3-13-6-8(4-9,5-10)7-14-15(11)12/h2,9-12H,1,3-7H2. The molecule has 0 bridgehead atoms. The smallest absolute Gasteiger partial charge is 0.327 e. The third-order valence-electron chi connectivity index (χ3n) is 1.80. The lowest BCUT2D eigenvalue weighted by molar-refractivity contribution is -0.0480. The zero-order valence-electron chi connectivity index (χ0n) is 8.37. The van der Waals surface area contributed by atoms with Crippen molar-refractivity contribution in [2.75, 3.05) is 33.0 Å². The molecule has 4 N–H and O–H groups in total. The van der Waals surface area contributed by atoms with E-state index in [-0.39, 0.29) is 33.0 Å². The van der Waals surface area contributed by atoms with E-state index in [0.717, 1.165) is 0 Å². The Balaban J connectivity index is 4.10. The minimum atomic E-state index is -2.49. The van der Waals surface area contributed by atoms with E-state index in [0.29, 0.717) is 0 Å². The average Bonchev–Trinajstić information content (AvgIpc) is 2.23. The Kier molecular flexibility index (Phi) is 8.09. The summed E-state index contributed by atoms with van der Waals surface area (Å²) in [6, 6.07) is 0. The zero-order valence-corrected chi connectivity index (χ0v) is 9.27. The van der Waals surface area contributed by atoms with E-state index in [1.807, 2.05) is 0 Å². The van der Waals surface area contributed by atoms with Gasteiger partial charge in [-0.1, -0.05) is 6.08 Å². The van der Waals surface area contributed by atoms with Crippen LogP contribution >= 0.6 is 8.60 Å². The molecule has 15 heavy (non-hydrogen) atoms. The second-order valence-corrected chi connectivity index (χ2v) is 3.91. The summed E-state index contributed by atoms with van der Waals surface area (Å²) in [6.45, 7) is 2.86. The van der Waals surface area contributed by atoms with E-state index in [9.17, 15) is 0 Å². The third-order valence-corrected chi connectivity index (χ3v) is 2.16. The van der Waals surface area contributed by atoms with Crippen LogP contribution in [0.4, 0.5) is 0 Å². The van der Waals surface area contributed by atoms with Gasteiger partial charge in [0.1, 0.15) is 0 Å². The number of aliphatic hydroxyl groups is 2. The second kappa shape index (κ2) is 8.13. The van der Waals surface area contributed by atoms with Crippen LogP contribution in [0.15, 0.2) is 12.7 Å². The lowest BCUT2D eigenvalue weighted by atomic mass is 9.93. The zero-order chi connectivity index (χ0) is 11.7. The molecule has 0 aromatic carbocycles. The Morgan fingerprint density at radius 3 is 2.20 bits per heavy atom.